The molecule has 0 fully saturated rings. The van der Waals surface area contributed by atoms with E-state index in [9.17, 15) is 9.90 Å². The molecule has 0 aliphatic heterocycles. The average Bonchev–Trinajstić information content (AvgIpc) is 2.11. The summed E-state index contributed by atoms with van der Waals surface area (Å²) in [5.41, 5.74) is 0.207. The largest absolute Gasteiger partial charge is 0.545 e. The molecule has 0 heterocycles. The van der Waals surface area contributed by atoms with Gasteiger partial charge < -0.3 is 14.6 Å². The van der Waals surface area contributed by atoms with Gasteiger partial charge in [-0.05, 0) is 13.3 Å². The Bertz CT molecular complexity index is 194. The molecular formula is C10H17O3-. The first-order chi connectivity index (χ1) is 6.13. The molecule has 0 aromatic rings. The van der Waals surface area contributed by atoms with Crippen LogP contribution in [0, 0.1) is 0 Å². The highest BCUT2D eigenvalue weighted by atomic mass is 16.5. The normalized spacial score (nSPS) is 12.2. The predicted molar refractivity (Wildman–Crippen MR) is 48.9 cm³/mol. The van der Waals surface area contributed by atoms with Gasteiger partial charge in [-0.2, -0.15) is 0 Å². The number of carboxylic acids is 1. The minimum atomic E-state index is -1.15. The van der Waals surface area contributed by atoms with Crippen molar-refractivity contribution in [3.05, 3.63) is 11.3 Å². The molecule has 0 rings (SSSR count). The number of ether oxygens (including phenoxy) is 1. The van der Waals surface area contributed by atoms with Crippen LogP contribution in [-0.4, -0.2) is 12.6 Å². The van der Waals surface area contributed by atoms with Crippen LogP contribution >= 0.6 is 0 Å². The van der Waals surface area contributed by atoms with E-state index in [0.29, 0.717) is 18.8 Å². The second-order valence-electron chi connectivity index (χ2n) is 2.89. The second-order valence-corrected chi connectivity index (χ2v) is 2.89. The first-order valence-corrected chi connectivity index (χ1v) is 4.67. The summed E-state index contributed by atoms with van der Waals surface area (Å²) in [6.45, 7) is 6.03. The van der Waals surface area contributed by atoms with Crippen LogP contribution in [0.2, 0.25) is 0 Å². The Labute approximate surface area is 79.4 Å². The van der Waals surface area contributed by atoms with Gasteiger partial charge in [0.25, 0.3) is 0 Å². The summed E-state index contributed by atoms with van der Waals surface area (Å²) in [6.07, 6.45) is 2.59. The van der Waals surface area contributed by atoms with Gasteiger partial charge in [0, 0.05) is 12.0 Å². The lowest BCUT2D eigenvalue weighted by Crippen LogP contribution is -2.24. The van der Waals surface area contributed by atoms with Crippen LogP contribution in [0.1, 0.15) is 40.0 Å². The van der Waals surface area contributed by atoms with E-state index < -0.39 is 5.97 Å². The molecule has 3 nitrogen and oxygen atoms in total. The summed E-state index contributed by atoms with van der Waals surface area (Å²) in [4.78, 5) is 10.5. The maximum absolute atomic E-state index is 10.5. The molecule has 0 saturated carbocycles. The Morgan fingerprint density at radius 2 is 2.00 bits per heavy atom. The zero-order valence-corrected chi connectivity index (χ0v) is 8.55. The van der Waals surface area contributed by atoms with Crippen LogP contribution in [0.5, 0.6) is 0 Å². The molecule has 0 aromatic heterocycles. The van der Waals surface area contributed by atoms with Crippen LogP contribution in [0.4, 0.5) is 0 Å². The molecule has 0 amide bonds. The van der Waals surface area contributed by atoms with Gasteiger partial charge >= 0.3 is 0 Å². The van der Waals surface area contributed by atoms with Crippen molar-refractivity contribution in [1.82, 2.24) is 0 Å². The van der Waals surface area contributed by atoms with Gasteiger partial charge in [0.15, 0.2) is 0 Å². The van der Waals surface area contributed by atoms with E-state index in [-0.39, 0.29) is 5.57 Å². The predicted octanol–water partition coefficient (Wildman–Crippen LogP) is 1.24. The van der Waals surface area contributed by atoms with Gasteiger partial charge in [-0.1, -0.05) is 20.3 Å². The number of hydrogen-bond donors (Lipinski definition) is 0. The summed E-state index contributed by atoms with van der Waals surface area (Å²) >= 11 is 0. The summed E-state index contributed by atoms with van der Waals surface area (Å²) in [6, 6.07) is 0. The Hall–Kier alpha value is -0.990. The molecule has 0 saturated heterocycles. The maximum atomic E-state index is 10.5. The lowest BCUT2D eigenvalue weighted by atomic mass is 10.2. The smallest absolute Gasteiger partial charge is 0.100 e. The standard InChI is InChI=1S/C10H18O3/c1-4-6-7-13-9(5-2)8(3)10(11)12/h4-7H2,1-3H3,(H,11,12)/p-1/b9-8+. The van der Waals surface area contributed by atoms with E-state index in [1.807, 2.05) is 6.92 Å². The van der Waals surface area contributed by atoms with Gasteiger partial charge in [0.1, 0.15) is 5.76 Å². The Balaban J connectivity index is 4.15. The quantitative estimate of drug-likeness (QED) is 0.355. The number of aliphatic carboxylic acids is 1. The van der Waals surface area contributed by atoms with Gasteiger partial charge in [0.2, 0.25) is 0 Å². The number of rotatable bonds is 6. The lowest BCUT2D eigenvalue weighted by molar-refractivity contribution is -0.299. The average molecular weight is 185 g/mol. The number of allylic oxidation sites excluding steroid dienone is 1. The number of hydrogen-bond acceptors (Lipinski definition) is 3. The van der Waals surface area contributed by atoms with Crippen molar-refractivity contribution in [3.63, 3.8) is 0 Å². The maximum Gasteiger partial charge on any atom is 0.100 e. The van der Waals surface area contributed by atoms with E-state index in [1.54, 1.807) is 0 Å². The number of carboxylic acid groups (broad SMARTS) is 1. The van der Waals surface area contributed by atoms with Crippen molar-refractivity contribution < 1.29 is 14.6 Å². The molecule has 0 aromatic carbocycles. The highest BCUT2D eigenvalue weighted by Gasteiger charge is 2.01. The molecule has 0 aliphatic rings. The first-order valence-electron chi connectivity index (χ1n) is 4.67. The van der Waals surface area contributed by atoms with E-state index in [1.165, 1.54) is 6.92 Å². The molecule has 0 radical (unpaired) electrons. The molecule has 0 aliphatic carbocycles. The minimum Gasteiger partial charge on any atom is -0.545 e. The Morgan fingerprint density at radius 3 is 2.38 bits per heavy atom. The van der Waals surface area contributed by atoms with E-state index in [0.717, 1.165) is 12.8 Å². The Morgan fingerprint density at radius 1 is 1.38 bits per heavy atom. The van der Waals surface area contributed by atoms with Crippen molar-refractivity contribution in [3.8, 4) is 0 Å². The molecule has 0 bridgehead atoms. The highest BCUT2D eigenvalue weighted by molar-refractivity contribution is 5.84. The Kier molecular flexibility index (Phi) is 6.02. The van der Waals surface area contributed by atoms with Crippen molar-refractivity contribution >= 4 is 5.97 Å². The zero-order chi connectivity index (χ0) is 10.3. The molecule has 0 N–H and O–H groups in total. The fraction of sp³-hybridized carbons (Fsp3) is 0.700. The van der Waals surface area contributed by atoms with Gasteiger partial charge in [-0.25, -0.2) is 0 Å². The molecule has 3 heteroatoms. The van der Waals surface area contributed by atoms with Gasteiger partial charge in [-0.15, -0.1) is 0 Å². The molecule has 0 atom stereocenters. The molecule has 13 heavy (non-hydrogen) atoms. The molecule has 76 valence electrons. The summed E-state index contributed by atoms with van der Waals surface area (Å²) < 4.78 is 5.31. The molecule has 0 spiro atoms. The first kappa shape index (κ1) is 12.0. The monoisotopic (exact) mass is 185 g/mol. The topological polar surface area (TPSA) is 49.4 Å². The van der Waals surface area contributed by atoms with Crippen molar-refractivity contribution in [2.45, 2.75) is 40.0 Å². The van der Waals surface area contributed by atoms with Gasteiger partial charge in [0.05, 0.1) is 12.6 Å². The van der Waals surface area contributed by atoms with E-state index in [4.69, 9.17) is 4.74 Å². The molecule has 0 unspecified atom stereocenters. The highest BCUT2D eigenvalue weighted by Crippen LogP contribution is 2.10. The fourth-order valence-corrected chi connectivity index (χ4v) is 0.929. The second kappa shape index (κ2) is 6.52. The minimum absolute atomic E-state index is 0.207. The fourth-order valence-electron chi connectivity index (χ4n) is 0.929. The SMILES string of the molecule is CCCCO/C(CC)=C(\C)C(=O)[O-]. The van der Waals surface area contributed by atoms with Crippen LogP contribution in [-0.2, 0) is 9.53 Å². The van der Waals surface area contributed by atoms with Crippen molar-refractivity contribution in [2.24, 2.45) is 0 Å². The zero-order valence-electron chi connectivity index (χ0n) is 8.55. The third kappa shape index (κ3) is 4.55. The van der Waals surface area contributed by atoms with E-state index in [2.05, 4.69) is 6.92 Å². The van der Waals surface area contributed by atoms with Crippen molar-refractivity contribution in [1.29, 1.82) is 0 Å². The van der Waals surface area contributed by atoms with Crippen LogP contribution in [0.25, 0.3) is 0 Å². The summed E-state index contributed by atoms with van der Waals surface area (Å²) in [7, 11) is 0. The number of carbonyl (C=O) groups is 1. The van der Waals surface area contributed by atoms with E-state index >= 15 is 0 Å². The third-order valence-corrected chi connectivity index (χ3v) is 1.82. The number of carbonyl (C=O) groups excluding carboxylic acids is 1. The number of unbranched alkanes of at least 4 members (excludes halogenated alkanes) is 1. The van der Waals surface area contributed by atoms with Gasteiger partial charge in [-0.3, -0.25) is 0 Å². The van der Waals surface area contributed by atoms with Crippen molar-refractivity contribution in [2.75, 3.05) is 6.61 Å². The van der Waals surface area contributed by atoms with Crippen LogP contribution in [0.3, 0.4) is 0 Å². The van der Waals surface area contributed by atoms with Crippen LogP contribution < -0.4 is 5.11 Å². The van der Waals surface area contributed by atoms with Crippen LogP contribution in [0.15, 0.2) is 11.3 Å². The summed E-state index contributed by atoms with van der Waals surface area (Å²) in [5, 5.41) is 10.5. The lowest BCUT2D eigenvalue weighted by Gasteiger charge is -2.12. The molecular weight excluding hydrogens is 168 g/mol. The summed E-state index contributed by atoms with van der Waals surface area (Å²) in [5.74, 6) is -0.609. The third-order valence-electron chi connectivity index (χ3n) is 1.82.